The molecular weight excluding hydrogens is 1560 g/mol. The molecule has 0 aliphatic carbocycles. The number of rotatable bonds is 12. The first kappa shape index (κ1) is 81.9. The molecule has 0 N–H and O–H groups in total. The standard InChI is InChI=1S/C110H98N4O8Si2/c1-55(2)67-31-25-32-68(56(3)4)99(67)111-103(115)79-45-41-77-89-65(47-49-123(17,18)19)53-85-93-81(105(117)113(109(85)121)101-71(59(9)10)35-27-36-72(101)60(11)12)43-39-75(97(89)93)87-63(51-83(107(111)119)91(79)95(77)87)29-23-24-30-64-52-84-92-80(104(116)112(108(84)120)100-69(57(5)6)33-26-34-70(100)58(7)8)46-42-78-90-66(48-50-124(20,21)22)54-86-94-82(44-40-76(98(90)94)88(64)96(78)92)106(118)114(110(86)122)102-73(61(13)14)37-28-38-74(102)62(15)16/h25-28,31-46,51-62H,1-22H3. The van der Waals surface area contributed by atoms with Crippen LogP contribution < -0.4 is 19.6 Å². The Hall–Kier alpha value is -13.1. The van der Waals surface area contributed by atoms with Gasteiger partial charge in [-0.25, -0.2) is 19.6 Å². The third kappa shape index (κ3) is 12.2. The summed E-state index contributed by atoms with van der Waals surface area (Å²) in [5.74, 6) is 16.4. The fourth-order valence-electron chi connectivity index (χ4n) is 19.9. The van der Waals surface area contributed by atoms with Crippen LogP contribution in [0.15, 0.2) is 146 Å². The van der Waals surface area contributed by atoms with Gasteiger partial charge in [-0.15, -0.1) is 11.1 Å². The minimum atomic E-state index is -2.21. The van der Waals surface area contributed by atoms with Crippen LogP contribution in [0.3, 0.4) is 0 Å². The minimum absolute atomic E-state index is 0.0552. The van der Waals surface area contributed by atoms with Crippen molar-refractivity contribution < 1.29 is 38.4 Å². The van der Waals surface area contributed by atoms with Crippen LogP contribution in [0.25, 0.3) is 86.2 Å². The van der Waals surface area contributed by atoms with Crippen molar-refractivity contribution in [1.82, 2.24) is 0 Å². The van der Waals surface area contributed by atoms with E-state index in [1.54, 1.807) is 36.4 Å². The highest BCUT2D eigenvalue weighted by molar-refractivity contribution is 6.84. The lowest BCUT2D eigenvalue weighted by Gasteiger charge is -2.34. The second kappa shape index (κ2) is 29.3. The third-order valence-corrected chi connectivity index (χ3v) is 27.3. The van der Waals surface area contributed by atoms with E-state index in [1.807, 2.05) is 109 Å². The van der Waals surface area contributed by atoms with Crippen LogP contribution in [0.5, 0.6) is 0 Å². The minimum Gasteiger partial charge on any atom is -0.268 e. The van der Waals surface area contributed by atoms with Crippen molar-refractivity contribution >= 4 is 172 Å². The highest BCUT2D eigenvalue weighted by Gasteiger charge is 2.46. The number of nitrogens with zero attached hydrogens (tertiary/aromatic N) is 4. The van der Waals surface area contributed by atoms with E-state index in [-0.39, 0.29) is 58.5 Å². The highest BCUT2D eigenvalue weighted by atomic mass is 28.3. The van der Waals surface area contributed by atoms with E-state index in [9.17, 15) is 0 Å². The predicted octanol–water partition coefficient (Wildman–Crippen LogP) is 25.8. The number of benzene rings is 14. The molecule has 0 atom stereocenters. The summed E-state index contributed by atoms with van der Waals surface area (Å²) in [4.78, 5) is 135. The van der Waals surface area contributed by atoms with Crippen LogP contribution in [0.2, 0.25) is 39.3 Å². The van der Waals surface area contributed by atoms with Crippen molar-refractivity contribution in [3.05, 3.63) is 257 Å². The Balaban J connectivity index is 0.955. The molecule has 14 aromatic rings. The van der Waals surface area contributed by atoms with E-state index >= 15 is 38.4 Å². The van der Waals surface area contributed by atoms with Gasteiger partial charge in [0.15, 0.2) is 0 Å². The van der Waals surface area contributed by atoms with Crippen molar-refractivity contribution in [2.75, 3.05) is 19.6 Å². The first-order valence-corrected chi connectivity index (χ1v) is 50.5. The largest absolute Gasteiger partial charge is 0.268 e. The van der Waals surface area contributed by atoms with Crippen molar-refractivity contribution in [3.8, 4) is 46.6 Å². The van der Waals surface area contributed by atoms with Crippen LogP contribution >= 0.6 is 0 Å². The molecule has 8 amide bonds. The number of carbonyl (C=O) groups excluding carboxylic acids is 8. The molecule has 614 valence electrons. The van der Waals surface area contributed by atoms with E-state index in [2.05, 4.69) is 197 Å². The molecule has 4 aliphatic rings. The van der Waals surface area contributed by atoms with Gasteiger partial charge in [0.25, 0.3) is 47.3 Å². The highest BCUT2D eigenvalue weighted by Crippen LogP contribution is 2.55. The number of hydrogen-bond donors (Lipinski definition) is 0. The number of imide groups is 4. The van der Waals surface area contributed by atoms with Crippen molar-refractivity contribution in [3.63, 3.8) is 0 Å². The number of hydrogen-bond acceptors (Lipinski definition) is 8. The van der Waals surface area contributed by atoms with Crippen LogP contribution in [0.4, 0.5) is 22.7 Å². The van der Waals surface area contributed by atoms with E-state index in [0.717, 1.165) is 44.5 Å². The molecule has 0 fully saturated rings. The average molecular weight is 1660 g/mol. The van der Waals surface area contributed by atoms with Gasteiger partial charge in [-0.3, -0.25) is 38.4 Å². The summed E-state index contributed by atoms with van der Waals surface area (Å²) in [7, 11) is -4.42. The molecule has 0 saturated carbocycles. The molecule has 14 aromatic carbocycles. The molecule has 12 nitrogen and oxygen atoms in total. The van der Waals surface area contributed by atoms with E-state index < -0.39 is 63.4 Å². The predicted molar refractivity (Wildman–Crippen MR) is 513 cm³/mol. The lowest BCUT2D eigenvalue weighted by atomic mass is 9.79. The topological polar surface area (TPSA) is 150 Å². The van der Waals surface area contributed by atoms with Crippen LogP contribution in [0.1, 0.15) is 308 Å². The van der Waals surface area contributed by atoms with Gasteiger partial charge < -0.3 is 0 Å². The monoisotopic (exact) mass is 1660 g/mol. The summed E-state index contributed by atoms with van der Waals surface area (Å²) in [6, 6.07) is 45.9. The number of para-hydroxylation sites is 4. The fraction of sp³-hybridized carbons (Fsp3) is 0.273. The van der Waals surface area contributed by atoms with Crippen LogP contribution in [-0.4, -0.2) is 63.4 Å². The maximum absolute atomic E-state index is 16.5. The first-order valence-electron chi connectivity index (χ1n) is 43.5. The molecule has 0 saturated heterocycles. The molecule has 0 bridgehead atoms. The van der Waals surface area contributed by atoms with Crippen molar-refractivity contribution in [2.45, 2.75) is 197 Å². The normalized spacial score (nSPS) is 14.3. The SMILES string of the molecule is CC(C)c1cccc(C(C)C)c1N1C(=O)c2ccc3c4c(C#C[Si](C)(C)C)cc5c6c(ccc(c7c(C#CC#Cc8cc9c%10c(ccc%11c%12c(C#C[Si](C)(C)C)cc%13c%14c(ccc(c8c%10%11)c%14%12)C(=O)N(c8c(C(C)C)cccc8C(C)C)C%13=O)C(=O)N(c8c(C(C)C)cccc8C(C)C)C9=O)cc(c2c37)C1=O)c64)C(=O)N(c1c(C(C)C)cccc1C(C)C)C5=O. The first-order chi connectivity index (χ1) is 58.8. The number of carbonyl (C=O) groups is 8. The average Bonchev–Trinajstić information content (AvgIpc) is 0.680. The summed E-state index contributed by atoms with van der Waals surface area (Å²) in [5.41, 5.74) is 20.4. The molecule has 0 spiro atoms. The zero-order chi connectivity index (χ0) is 88.3. The molecule has 18 rings (SSSR count). The summed E-state index contributed by atoms with van der Waals surface area (Å²) in [5, 5.41) is 9.00. The Morgan fingerprint density at radius 2 is 0.395 bits per heavy atom. The maximum atomic E-state index is 16.5. The molecule has 124 heavy (non-hydrogen) atoms. The van der Waals surface area contributed by atoms with Gasteiger partial charge in [-0.1, -0.05) is 271 Å². The van der Waals surface area contributed by atoms with E-state index in [0.29, 0.717) is 165 Å². The Labute approximate surface area is 726 Å². The van der Waals surface area contributed by atoms with Crippen molar-refractivity contribution in [1.29, 1.82) is 0 Å². The van der Waals surface area contributed by atoms with Crippen LogP contribution in [-0.2, 0) is 0 Å². The van der Waals surface area contributed by atoms with Crippen molar-refractivity contribution in [2.24, 2.45) is 0 Å². The van der Waals surface area contributed by atoms with Gasteiger partial charge in [-0.05, 0) is 174 Å². The zero-order valence-electron chi connectivity index (χ0n) is 74.5. The Kier molecular flexibility index (Phi) is 19.4. The Morgan fingerprint density at radius 3 is 0.573 bits per heavy atom. The fourth-order valence-corrected chi connectivity index (χ4v) is 20.9. The van der Waals surface area contributed by atoms with Gasteiger partial charge in [0.1, 0.15) is 16.1 Å². The van der Waals surface area contributed by atoms with Gasteiger partial charge >= 0.3 is 0 Å². The summed E-state index contributed by atoms with van der Waals surface area (Å²) >= 11 is 0. The Bertz CT molecular complexity index is 7020. The molecule has 0 radical (unpaired) electrons. The summed E-state index contributed by atoms with van der Waals surface area (Å²) < 4.78 is 0. The Morgan fingerprint density at radius 1 is 0.218 bits per heavy atom. The van der Waals surface area contributed by atoms with E-state index in [4.69, 9.17) is 0 Å². The molecule has 4 heterocycles. The number of fused-ring (bicyclic) bond motifs is 4. The van der Waals surface area contributed by atoms with Gasteiger partial charge in [0.2, 0.25) is 0 Å². The van der Waals surface area contributed by atoms with Gasteiger partial charge in [0, 0.05) is 109 Å². The molecule has 0 unspecified atom stereocenters. The number of amides is 8. The summed E-state index contributed by atoms with van der Waals surface area (Å²) in [6.07, 6.45) is 0. The lowest BCUT2D eigenvalue weighted by Crippen LogP contribution is -2.42. The smallest absolute Gasteiger partial charge is 0.266 e. The maximum Gasteiger partial charge on any atom is 0.266 e. The molecule has 14 heteroatoms. The quantitative estimate of drug-likeness (QED) is 0.0386. The zero-order valence-corrected chi connectivity index (χ0v) is 76.5. The second-order valence-corrected chi connectivity index (χ2v) is 48.2. The van der Waals surface area contributed by atoms with Gasteiger partial charge in [0.05, 0.1) is 45.0 Å². The van der Waals surface area contributed by atoms with Crippen LogP contribution in [0, 0.1) is 46.6 Å². The second-order valence-electron chi connectivity index (χ2n) is 38.7. The summed E-state index contributed by atoms with van der Waals surface area (Å²) in [6.45, 7) is 45.9. The molecular formula is C110H98N4O8Si2. The lowest BCUT2D eigenvalue weighted by molar-refractivity contribution is 0.0877. The molecule has 4 aliphatic heterocycles. The van der Waals surface area contributed by atoms with E-state index in [1.165, 1.54) is 19.6 Å². The van der Waals surface area contributed by atoms with Gasteiger partial charge in [-0.2, -0.15) is 0 Å². The number of anilines is 4. The third-order valence-electron chi connectivity index (χ3n) is 25.5. The molecule has 0 aromatic heterocycles.